The van der Waals surface area contributed by atoms with E-state index < -0.39 is 0 Å². The van der Waals surface area contributed by atoms with Crippen LogP contribution in [0.15, 0.2) is 158 Å². The number of allylic oxidation sites excluding steroid dienone is 7. The van der Waals surface area contributed by atoms with Crippen molar-refractivity contribution in [2.24, 2.45) is 0 Å². The highest BCUT2D eigenvalue weighted by molar-refractivity contribution is 5.77. The second-order valence-corrected chi connectivity index (χ2v) is 10.1. The minimum Gasteiger partial charge on any atom is -0.311 e. The lowest BCUT2D eigenvalue weighted by Gasteiger charge is -2.26. The molecule has 0 spiro atoms. The zero-order valence-corrected chi connectivity index (χ0v) is 23.8. The molecule has 4 aromatic carbocycles. The van der Waals surface area contributed by atoms with E-state index in [0.717, 1.165) is 39.3 Å². The normalized spacial score (nSPS) is 11.6. The van der Waals surface area contributed by atoms with Crippen LogP contribution in [-0.4, -0.2) is 0 Å². The maximum Gasteiger partial charge on any atom is 0.0462 e. The van der Waals surface area contributed by atoms with Crippen LogP contribution in [0.2, 0.25) is 0 Å². The van der Waals surface area contributed by atoms with Crippen LogP contribution in [0, 0.1) is 13.8 Å². The first-order valence-electron chi connectivity index (χ1n) is 13.5. The van der Waals surface area contributed by atoms with Gasteiger partial charge >= 0.3 is 0 Å². The monoisotopic (exact) mass is 519 g/mol. The highest BCUT2D eigenvalue weighted by Crippen LogP contribution is 2.33. The van der Waals surface area contributed by atoms with E-state index >= 15 is 0 Å². The highest BCUT2D eigenvalue weighted by Gasteiger charge is 2.13. The third-order valence-corrected chi connectivity index (χ3v) is 6.68. The van der Waals surface area contributed by atoms with E-state index in [1.165, 1.54) is 22.3 Å². The first kappa shape index (κ1) is 28.1. The largest absolute Gasteiger partial charge is 0.311 e. The molecule has 0 bridgehead atoms. The molecule has 0 heterocycles. The van der Waals surface area contributed by atoms with Crippen molar-refractivity contribution < 1.29 is 0 Å². The molecule has 0 fully saturated rings. The molecule has 1 heteroatoms. The maximum absolute atomic E-state index is 4.22. The highest BCUT2D eigenvalue weighted by atomic mass is 15.1. The van der Waals surface area contributed by atoms with Crippen LogP contribution >= 0.6 is 0 Å². The molecule has 4 rings (SSSR count). The molecule has 0 unspecified atom stereocenters. The summed E-state index contributed by atoms with van der Waals surface area (Å²) < 4.78 is 0. The van der Waals surface area contributed by atoms with Gasteiger partial charge in [-0.2, -0.15) is 0 Å². The van der Waals surface area contributed by atoms with Gasteiger partial charge in [-0.25, -0.2) is 0 Å². The number of rotatable bonds is 10. The summed E-state index contributed by atoms with van der Waals surface area (Å²) in [5, 5.41) is 0. The standard InChI is InChI=1S/C39H37N/c1-7-37(10-8-9-33-17-12-30(4)13-18-33)40(38-25-21-34(22-26-38)32(6)16-11-29(2)3)39-27-23-36(24-28-39)35-19-14-31(5)15-20-35/h7-28H,1-2,6H2,3-5H3/b9-8+,16-11-,37-10+. The molecule has 4 aromatic rings. The van der Waals surface area contributed by atoms with Crippen molar-refractivity contribution in [3.8, 4) is 11.1 Å². The Morgan fingerprint density at radius 1 is 0.650 bits per heavy atom. The number of aryl methyl sites for hydroxylation is 2. The summed E-state index contributed by atoms with van der Waals surface area (Å²) in [5.41, 5.74) is 12.1. The summed E-state index contributed by atoms with van der Waals surface area (Å²) in [6.45, 7) is 18.5. The molecule has 0 saturated carbocycles. The van der Waals surface area contributed by atoms with Gasteiger partial charge in [-0.05, 0) is 85.0 Å². The Labute approximate surface area is 240 Å². The Morgan fingerprint density at radius 3 is 1.68 bits per heavy atom. The lowest BCUT2D eigenvalue weighted by atomic mass is 10.0. The lowest BCUT2D eigenvalue weighted by Crippen LogP contribution is -2.15. The number of nitrogens with zero attached hydrogens (tertiary/aromatic N) is 1. The molecule has 198 valence electrons. The van der Waals surface area contributed by atoms with Crippen molar-refractivity contribution in [1.82, 2.24) is 0 Å². The van der Waals surface area contributed by atoms with E-state index in [2.05, 4.69) is 154 Å². The van der Waals surface area contributed by atoms with E-state index in [1.54, 1.807) is 0 Å². The average Bonchev–Trinajstić information content (AvgIpc) is 2.97. The average molecular weight is 520 g/mol. The molecule has 0 N–H and O–H groups in total. The number of benzene rings is 4. The predicted molar refractivity (Wildman–Crippen MR) is 177 cm³/mol. The lowest BCUT2D eigenvalue weighted by molar-refractivity contribution is 1.21. The summed E-state index contributed by atoms with van der Waals surface area (Å²) in [7, 11) is 0. The van der Waals surface area contributed by atoms with Crippen LogP contribution in [0.3, 0.4) is 0 Å². The van der Waals surface area contributed by atoms with Gasteiger partial charge in [0.15, 0.2) is 0 Å². The van der Waals surface area contributed by atoms with Gasteiger partial charge in [0.25, 0.3) is 0 Å². The third-order valence-electron chi connectivity index (χ3n) is 6.68. The molecule has 0 aromatic heterocycles. The van der Waals surface area contributed by atoms with Crippen LogP contribution in [0.25, 0.3) is 22.8 Å². The fraction of sp³-hybridized carbons (Fsp3) is 0.0769. The molecule has 0 amide bonds. The van der Waals surface area contributed by atoms with Crippen LogP contribution in [0.5, 0.6) is 0 Å². The Balaban J connectivity index is 1.70. The maximum atomic E-state index is 4.22. The molecular weight excluding hydrogens is 482 g/mol. The summed E-state index contributed by atoms with van der Waals surface area (Å²) in [6, 6.07) is 34.3. The molecule has 0 aliphatic carbocycles. The van der Waals surface area contributed by atoms with Gasteiger partial charge in [-0.1, -0.05) is 134 Å². The summed E-state index contributed by atoms with van der Waals surface area (Å²) in [6.07, 6.45) is 12.2. The van der Waals surface area contributed by atoms with E-state index in [0.29, 0.717) is 0 Å². The zero-order chi connectivity index (χ0) is 28.5. The van der Waals surface area contributed by atoms with Crippen molar-refractivity contribution in [1.29, 1.82) is 0 Å². The minimum atomic E-state index is 0.948. The van der Waals surface area contributed by atoms with Gasteiger partial charge in [-0.15, -0.1) is 0 Å². The van der Waals surface area contributed by atoms with Crippen LogP contribution < -0.4 is 4.90 Å². The molecule has 0 radical (unpaired) electrons. The van der Waals surface area contributed by atoms with Gasteiger partial charge in [0.2, 0.25) is 0 Å². The fourth-order valence-corrected chi connectivity index (χ4v) is 4.33. The summed E-state index contributed by atoms with van der Waals surface area (Å²) in [4.78, 5) is 2.22. The van der Waals surface area contributed by atoms with E-state index in [9.17, 15) is 0 Å². The number of anilines is 2. The van der Waals surface area contributed by atoms with Crippen molar-refractivity contribution >= 4 is 23.0 Å². The van der Waals surface area contributed by atoms with E-state index in [-0.39, 0.29) is 0 Å². The van der Waals surface area contributed by atoms with E-state index in [4.69, 9.17) is 0 Å². The quantitative estimate of drug-likeness (QED) is 0.188. The predicted octanol–water partition coefficient (Wildman–Crippen LogP) is 11.0. The topological polar surface area (TPSA) is 3.24 Å². The summed E-state index contributed by atoms with van der Waals surface area (Å²) >= 11 is 0. The molecular formula is C39H37N. The SMILES string of the molecule is C=C/C(=C\C=C\c1ccc(C)cc1)N(c1ccc(C(=C)/C=C\C(=C)C)cc1)c1ccc(-c2ccc(C)cc2)cc1. The molecule has 0 aliphatic rings. The van der Waals surface area contributed by atoms with Gasteiger partial charge in [0, 0.05) is 17.1 Å². The number of hydrogen-bond donors (Lipinski definition) is 0. The van der Waals surface area contributed by atoms with E-state index in [1.807, 2.05) is 25.2 Å². The molecule has 40 heavy (non-hydrogen) atoms. The van der Waals surface area contributed by atoms with Crippen LogP contribution in [0.1, 0.15) is 29.2 Å². The zero-order valence-electron chi connectivity index (χ0n) is 23.8. The first-order chi connectivity index (χ1) is 19.3. The third kappa shape index (κ3) is 7.36. The van der Waals surface area contributed by atoms with Crippen LogP contribution in [0.4, 0.5) is 11.4 Å². The summed E-state index contributed by atoms with van der Waals surface area (Å²) in [5.74, 6) is 0. The van der Waals surface area contributed by atoms with Crippen molar-refractivity contribution in [3.05, 3.63) is 181 Å². The van der Waals surface area contributed by atoms with Gasteiger partial charge in [-0.3, -0.25) is 0 Å². The molecule has 0 saturated heterocycles. The van der Waals surface area contributed by atoms with Gasteiger partial charge in [0.05, 0.1) is 0 Å². The van der Waals surface area contributed by atoms with Crippen molar-refractivity contribution in [2.45, 2.75) is 20.8 Å². The van der Waals surface area contributed by atoms with Crippen LogP contribution in [-0.2, 0) is 0 Å². The van der Waals surface area contributed by atoms with Gasteiger partial charge < -0.3 is 4.90 Å². The molecule has 1 nitrogen and oxygen atoms in total. The van der Waals surface area contributed by atoms with Crippen molar-refractivity contribution in [2.75, 3.05) is 4.90 Å². The van der Waals surface area contributed by atoms with Gasteiger partial charge in [0.1, 0.15) is 0 Å². The minimum absolute atomic E-state index is 0.948. The van der Waals surface area contributed by atoms with Crippen molar-refractivity contribution in [3.63, 3.8) is 0 Å². The molecule has 0 aliphatic heterocycles. The Morgan fingerprint density at radius 2 is 1.15 bits per heavy atom. The molecule has 0 atom stereocenters. The Hall–Kier alpha value is -4.88. The smallest absolute Gasteiger partial charge is 0.0462 e. The Kier molecular flexibility index (Phi) is 9.33. The second kappa shape index (κ2) is 13.3. The fourth-order valence-electron chi connectivity index (χ4n) is 4.33. The number of hydrogen-bond acceptors (Lipinski definition) is 1. The first-order valence-corrected chi connectivity index (χ1v) is 13.5. The second-order valence-electron chi connectivity index (χ2n) is 10.1. The Bertz CT molecular complexity index is 1560.